The third-order valence-electron chi connectivity index (χ3n) is 2.14. The van der Waals surface area contributed by atoms with Crippen molar-refractivity contribution >= 4 is 6.09 Å². The van der Waals surface area contributed by atoms with Crippen molar-refractivity contribution in [1.82, 2.24) is 5.32 Å². The molecule has 0 bridgehead atoms. The lowest BCUT2D eigenvalue weighted by Gasteiger charge is -2.25. The number of hydrogen-bond acceptors (Lipinski definition) is 3. The van der Waals surface area contributed by atoms with Gasteiger partial charge < -0.3 is 15.2 Å². The van der Waals surface area contributed by atoms with Crippen LogP contribution in [0.2, 0.25) is 0 Å². The number of aliphatic hydroxyl groups is 1. The highest BCUT2D eigenvalue weighted by Crippen LogP contribution is 2.09. The molecule has 0 saturated heterocycles. The summed E-state index contributed by atoms with van der Waals surface area (Å²) in [6.45, 7) is 10.6. The lowest BCUT2D eigenvalue weighted by Crippen LogP contribution is -2.45. The van der Waals surface area contributed by atoms with Crippen molar-refractivity contribution in [3.05, 3.63) is 0 Å². The summed E-state index contributed by atoms with van der Waals surface area (Å²) >= 11 is 0. The van der Waals surface area contributed by atoms with E-state index >= 15 is 0 Å². The number of nitrogens with one attached hydrogen (secondary N) is 1. The third kappa shape index (κ3) is 6.85. The molecule has 0 aromatic heterocycles. The molecular weight excluding hydrogens is 218 g/mol. The van der Waals surface area contributed by atoms with E-state index in [0.29, 0.717) is 0 Å². The quantitative estimate of drug-likeness (QED) is 0.742. The maximum Gasteiger partial charge on any atom is 0.407 e. The maximum absolute atomic E-state index is 11.5. The van der Waals surface area contributed by atoms with Crippen LogP contribution >= 0.6 is 0 Å². The maximum atomic E-state index is 11.5. The Balaban J connectivity index is 4.28. The van der Waals surface area contributed by atoms with Gasteiger partial charge in [-0.1, -0.05) is 5.92 Å². The van der Waals surface area contributed by atoms with Crippen LogP contribution in [0.15, 0.2) is 0 Å². The predicted octanol–water partition coefficient (Wildman–Crippen LogP) is 1.92. The molecule has 1 amide bonds. The smallest absolute Gasteiger partial charge is 0.407 e. The van der Waals surface area contributed by atoms with E-state index in [2.05, 4.69) is 17.2 Å². The SMILES string of the molecule is CC#C[C@@H](C)[C@@H](O)[C@@H](C)NC(=O)OC(C)(C)C. The molecule has 4 nitrogen and oxygen atoms in total. The largest absolute Gasteiger partial charge is 0.444 e. The lowest BCUT2D eigenvalue weighted by atomic mass is 10.00. The zero-order valence-corrected chi connectivity index (χ0v) is 11.5. The molecule has 4 heteroatoms. The molecule has 0 saturated carbocycles. The summed E-state index contributed by atoms with van der Waals surface area (Å²) in [5, 5.41) is 12.5. The van der Waals surface area contributed by atoms with E-state index in [-0.39, 0.29) is 5.92 Å². The van der Waals surface area contributed by atoms with Crippen LogP contribution < -0.4 is 5.32 Å². The molecule has 98 valence electrons. The molecule has 0 spiro atoms. The number of carbonyl (C=O) groups excluding carboxylic acids is 1. The van der Waals surface area contributed by atoms with Crippen LogP contribution in [-0.2, 0) is 4.74 Å². The summed E-state index contributed by atoms with van der Waals surface area (Å²) in [5.41, 5.74) is -0.538. The summed E-state index contributed by atoms with van der Waals surface area (Å²) in [7, 11) is 0. The Morgan fingerprint density at radius 3 is 2.29 bits per heavy atom. The van der Waals surface area contributed by atoms with Gasteiger partial charge >= 0.3 is 6.09 Å². The molecular formula is C13H23NO3. The molecule has 0 aliphatic rings. The van der Waals surface area contributed by atoms with E-state index in [0.717, 1.165) is 0 Å². The highest BCUT2D eigenvalue weighted by molar-refractivity contribution is 5.68. The number of alkyl carbamates (subject to hydrolysis) is 1. The van der Waals surface area contributed by atoms with Crippen LogP contribution in [0.1, 0.15) is 41.5 Å². The van der Waals surface area contributed by atoms with E-state index in [1.165, 1.54) is 0 Å². The molecule has 0 aliphatic heterocycles. The van der Waals surface area contributed by atoms with E-state index in [1.54, 1.807) is 34.6 Å². The molecule has 0 unspecified atom stereocenters. The first-order valence-electron chi connectivity index (χ1n) is 5.77. The second kappa shape index (κ2) is 6.51. The number of ether oxygens (including phenoxy) is 1. The number of rotatable bonds is 3. The normalized spacial score (nSPS) is 16.2. The Kier molecular flexibility index (Phi) is 6.04. The van der Waals surface area contributed by atoms with Crippen LogP contribution in [0.25, 0.3) is 0 Å². The average molecular weight is 241 g/mol. The van der Waals surface area contributed by atoms with Crippen molar-refractivity contribution in [2.24, 2.45) is 5.92 Å². The van der Waals surface area contributed by atoms with Gasteiger partial charge in [0.05, 0.1) is 12.1 Å². The molecule has 0 aromatic carbocycles. The minimum absolute atomic E-state index is 0.190. The zero-order chi connectivity index (χ0) is 13.6. The highest BCUT2D eigenvalue weighted by atomic mass is 16.6. The molecule has 0 radical (unpaired) electrons. The van der Waals surface area contributed by atoms with E-state index in [9.17, 15) is 9.90 Å². The summed E-state index contributed by atoms with van der Waals surface area (Å²) < 4.78 is 5.10. The number of carbonyl (C=O) groups is 1. The van der Waals surface area contributed by atoms with Crippen LogP contribution in [0.3, 0.4) is 0 Å². The zero-order valence-electron chi connectivity index (χ0n) is 11.5. The lowest BCUT2D eigenvalue weighted by molar-refractivity contribution is 0.0404. The standard InChI is InChI=1S/C13H23NO3/c1-7-8-9(2)11(15)10(3)14-12(16)17-13(4,5)6/h9-11,15H,1-6H3,(H,14,16)/t9-,10-,11-/m1/s1. The van der Waals surface area contributed by atoms with E-state index in [1.807, 2.05) is 6.92 Å². The summed E-state index contributed by atoms with van der Waals surface area (Å²) in [5.74, 6) is 5.41. The molecule has 17 heavy (non-hydrogen) atoms. The molecule has 0 heterocycles. The van der Waals surface area contributed by atoms with Gasteiger partial charge in [-0.05, 0) is 41.5 Å². The Bertz CT molecular complexity index is 309. The molecule has 2 N–H and O–H groups in total. The van der Waals surface area contributed by atoms with Gasteiger partial charge in [-0.25, -0.2) is 4.79 Å². The minimum atomic E-state index is -0.713. The summed E-state index contributed by atoms with van der Waals surface area (Å²) in [4.78, 5) is 11.5. The van der Waals surface area contributed by atoms with E-state index in [4.69, 9.17) is 4.74 Å². The fourth-order valence-corrected chi connectivity index (χ4v) is 1.32. The van der Waals surface area contributed by atoms with Crippen molar-refractivity contribution in [2.75, 3.05) is 0 Å². The number of hydrogen-bond donors (Lipinski definition) is 2. The fourth-order valence-electron chi connectivity index (χ4n) is 1.32. The highest BCUT2D eigenvalue weighted by Gasteiger charge is 2.24. The van der Waals surface area contributed by atoms with Crippen LogP contribution in [0, 0.1) is 17.8 Å². The first-order chi connectivity index (χ1) is 7.67. The second-order valence-electron chi connectivity index (χ2n) is 5.11. The van der Waals surface area contributed by atoms with Crippen molar-refractivity contribution in [3.63, 3.8) is 0 Å². The van der Waals surface area contributed by atoms with Gasteiger partial charge in [0, 0.05) is 5.92 Å². The molecule has 0 aromatic rings. The minimum Gasteiger partial charge on any atom is -0.444 e. The van der Waals surface area contributed by atoms with Gasteiger partial charge in [-0.2, -0.15) is 0 Å². The third-order valence-corrected chi connectivity index (χ3v) is 2.14. The van der Waals surface area contributed by atoms with Gasteiger partial charge in [0.25, 0.3) is 0 Å². The molecule has 0 fully saturated rings. The summed E-state index contributed by atoms with van der Waals surface area (Å²) in [6.07, 6.45) is -1.24. The predicted molar refractivity (Wildman–Crippen MR) is 67.5 cm³/mol. The topological polar surface area (TPSA) is 58.6 Å². The molecule has 0 aliphatic carbocycles. The first kappa shape index (κ1) is 15.8. The van der Waals surface area contributed by atoms with E-state index < -0.39 is 23.8 Å². The van der Waals surface area contributed by atoms with Gasteiger partial charge in [0.15, 0.2) is 0 Å². The van der Waals surface area contributed by atoms with Gasteiger partial charge in [-0.15, -0.1) is 5.92 Å². The second-order valence-corrected chi connectivity index (χ2v) is 5.11. The Morgan fingerprint density at radius 2 is 1.88 bits per heavy atom. The van der Waals surface area contributed by atoms with Gasteiger partial charge in [0.1, 0.15) is 5.60 Å². The van der Waals surface area contributed by atoms with Crippen molar-refractivity contribution in [1.29, 1.82) is 0 Å². The average Bonchev–Trinajstić information content (AvgIpc) is 2.13. The van der Waals surface area contributed by atoms with Crippen LogP contribution in [-0.4, -0.2) is 28.9 Å². The van der Waals surface area contributed by atoms with Crippen molar-refractivity contribution in [2.45, 2.75) is 59.3 Å². The monoisotopic (exact) mass is 241 g/mol. The van der Waals surface area contributed by atoms with Gasteiger partial charge in [0.2, 0.25) is 0 Å². The summed E-state index contributed by atoms with van der Waals surface area (Å²) in [6, 6.07) is -0.402. The Labute approximate surface area is 104 Å². The Hall–Kier alpha value is -1.21. The van der Waals surface area contributed by atoms with Crippen molar-refractivity contribution in [3.8, 4) is 11.8 Å². The van der Waals surface area contributed by atoms with Crippen LogP contribution in [0.5, 0.6) is 0 Å². The molecule has 0 rings (SSSR count). The fraction of sp³-hybridized carbons (Fsp3) is 0.769. The Morgan fingerprint density at radius 1 is 1.35 bits per heavy atom. The number of aliphatic hydroxyl groups excluding tert-OH is 1. The van der Waals surface area contributed by atoms with Crippen LogP contribution in [0.4, 0.5) is 4.79 Å². The van der Waals surface area contributed by atoms with Crippen molar-refractivity contribution < 1.29 is 14.6 Å². The molecule has 3 atom stereocenters. The number of amides is 1. The van der Waals surface area contributed by atoms with Gasteiger partial charge in [-0.3, -0.25) is 0 Å². The first-order valence-corrected chi connectivity index (χ1v) is 5.77.